The quantitative estimate of drug-likeness (QED) is 0.776. The summed E-state index contributed by atoms with van der Waals surface area (Å²) < 4.78 is 15.6. The molecule has 0 amide bonds. The normalized spacial score (nSPS) is 11.6. The van der Waals surface area contributed by atoms with Gasteiger partial charge in [0.2, 0.25) is 0 Å². The molecule has 0 spiro atoms. The van der Waals surface area contributed by atoms with E-state index in [1.54, 1.807) is 25.1 Å². The molecule has 1 rings (SSSR count). The zero-order valence-electron chi connectivity index (χ0n) is 12.0. The molecule has 0 aromatic heterocycles. The minimum Gasteiger partial charge on any atom is -0.497 e. The number of aliphatic hydroxyl groups excluding tert-OH is 1. The van der Waals surface area contributed by atoms with Gasteiger partial charge in [-0.2, -0.15) is 0 Å². The minimum atomic E-state index is -0.514. The van der Waals surface area contributed by atoms with E-state index in [1.807, 2.05) is 0 Å². The Morgan fingerprint density at radius 1 is 1.40 bits per heavy atom. The van der Waals surface area contributed by atoms with Crippen LogP contribution in [-0.4, -0.2) is 38.0 Å². The standard InChI is InChI=1S/C15H20O5/c1-5-11-8-12(18-3)9-13(19-4)14(11)15(17)20-10(2)6-7-16/h5,8-10,16H,1,6-7H2,2-4H3/t10-/m0/s1. The highest BCUT2D eigenvalue weighted by molar-refractivity contribution is 5.97. The second-order valence-electron chi connectivity index (χ2n) is 4.23. The Kier molecular flexibility index (Phi) is 6.06. The largest absolute Gasteiger partial charge is 0.497 e. The molecule has 0 aliphatic carbocycles. The third kappa shape index (κ3) is 3.74. The third-order valence-corrected chi connectivity index (χ3v) is 2.83. The van der Waals surface area contributed by atoms with Gasteiger partial charge in [-0.05, 0) is 18.6 Å². The number of rotatable bonds is 7. The second-order valence-corrected chi connectivity index (χ2v) is 4.23. The zero-order valence-corrected chi connectivity index (χ0v) is 12.0. The van der Waals surface area contributed by atoms with Crippen LogP contribution < -0.4 is 9.47 Å². The molecule has 1 atom stereocenters. The van der Waals surface area contributed by atoms with Gasteiger partial charge in [-0.3, -0.25) is 0 Å². The summed E-state index contributed by atoms with van der Waals surface area (Å²) in [6.45, 7) is 5.36. The minimum absolute atomic E-state index is 0.0392. The lowest BCUT2D eigenvalue weighted by molar-refractivity contribution is 0.0286. The molecular formula is C15H20O5. The van der Waals surface area contributed by atoms with E-state index >= 15 is 0 Å². The molecule has 0 heterocycles. The highest BCUT2D eigenvalue weighted by atomic mass is 16.5. The molecule has 1 N–H and O–H groups in total. The highest BCUT2D eigenvalue weighted by Crippen LogP contribution is 2.30. The van der Waals surface area contributed by atoms with Gasteiger partial charge in [-0.15, -0.1) is 0 Å². The fraction of sp³-hybridized carbons (Fsp3) is 0.400. The van der Waals surface area contributed by atoms with Gasteiger partial charge < -0.3 is 19.3 Å². The van der Waals surface area contributed by atoms with E-state index in [1.165, 1.54) is 14.2 Å². The number of ether oxygens (including phenoxy) is 3. The lowest BCUT2D eigenvalue weighted by Gasteiger charge is -2.16. The maximum atomic E-state index is 12.2. The summed E-state index contributed by atoms with van der Waals surface area (Å²) in [5.41, 5.74) is 0.871. The topological polar surface area (TPSA) is 65.0 Å². The lowest BCUT2D eigenvalue weighted by atomic mass is 10.1. The molecule has 0 aliphatic rings. The summed E-state index contributed by atoms with van der Waals surface area (Å²) in [6.07, 6.45) is 1.54. The van der Waals surface area contributed by atoms with Crippen molar-refractivity contribution in [1.82, 2.24) is 0 Å². The second kappa shape index (κ2) is 7.55. The lowest BCUT2D eigenvalue weighted by Crippen LogP contribution is -2.18. The molecule has 5 heteroatoms. The van der Waals surface area contributed by atoms with Crippen LogP contribution in [0.25, 0.3) is 6.08 Å². The van der Waals surface area contributed by atoms with Gasteiger partial charge in [0.25, 0.3) is 0 Å². The van der Waals surface area contributed by atoms with E-state index in [9.17, 15) is 4.79 Å². The van der Waals surface area contributed by atoms with E-state index in [2.05, 4.69) is 6.58 Å². The SMILES string of the molecule is C=Cc1cc(OC)cc(OC)c1C(=O)O[C@@H](C)CCO. The van der Waals surface area contributed by atoms with Crippen molar-refractivity contribution >= 4 is 12.0 Å². The first kappa shape index (κ1) is 16.0. The Hall–Kier alpha value is -2.01. The average Bonchev–Trinajstić information content (AvgIpc) is 2.45. The van der Waals surface area contributed by atoms with Crippen molar-refractivity contribution in [2.24, 2.45) is 0 Å². The van der Waals surface area contributed by atoms with Crippen molar-refractivity contribution < 1.29 is 24.1 Å². The summed E-state index contributed by atoms with van der Waals surface area (Å²) in [5, 5.41) is 8.84. The van der Waals surface area contributed by atoms with Crippen LogP contribution in [0.3, 0.4) is 0 Å². The molecule has 0 radical (unpaired) electrons. The Morgan fingerprint density at radius 3 is 2.60 bits per heavy atom. The van der Waals surface area contributed by atoms with Crippen LogP contribution in [0.4, 0.5) is 0 Å². The van der Waals surface area contributed by atoms with Crippen molar-refractivity contribution in [2.45, 2.75) is 19.4 Å². The van der Waals surface area contributed by atoms with Crippen LogP contribution in [0.15, 0.2) is 18.7 Å². The van der Waals surface area contributed by atoms with Gasteiger partial charge in [0.15, 0.2) is 0 Å². The highest BCUT2D eigenvalue weighted by Gasteiger charge is 2.21. The molecular weight excluding hydrogens is 260 g/mol. The molecule has 0 saturated carbocycles. The zero-order chi connectivity index (χ0) is 15.1. The monoisotopic (exact) mass is 280 g/mol. The van der Waals surface area contributed by atoms with E-state index in [4.69, 9.17) is 19.3 Å². The Morgan fingerprint density at radius 2 is 2.10 bits per heavy atom. The van der Waals surface area contributed by atoms with Gasteiger partial charge in [-0.25, -0.2) is 4.79 Å². The molecule has 0 unspecified atom stereocenters. The van der Waals surface area contributed by atoms with Crippen LogP contribution in [-0.2, 0) is 4.74 Å². The van der Waals surface area contributed by atoms with E-state index in [0.717, 1.165) is 0 Å². The third-order valence-electron chi connectivity index (χ3n) is 2.83. The number of aliphatic hydroxyl groups is 1. The first-order valence-electron chi connectivity index (χ1n) is 6.27. The number of methoxy groups -OCH3 is 2. The predicted molar refractivity (Wildman–Crippen MR) is 76.2 cm³/mol. The summed E-state index contributed by atoms with van der Waals surface area (Å²) >= 11 is 0. The fourth-order valence-corrected chi connectivity index (χ4v) is 1.75. The van der Waals surface area contributed by atoms with Crippen molar-refractivity contribution in [3.63, 3.8) is 0 Å². The first-order valence-corrected chi connectivity index (χ1v) is 6.27. The number of benzene rings is 1. The van der Waals surface area contributed by atoms with Crippen LogP contribution in [0.2, 0.25) is 0 Å². The van der Waals surface area contributed by atoms with Crippen LogP contribution in [0.5, 0.6) is 11.5 Å². The first-order chi connectivity index (χ1) is 9.57. The van der Waals surface area contributed by atoms with E-state index in [-0.39, 0.29) is 12.7 Å². The number of hydrogen-bond acceptors (Lipinski definition) is 5. The Bertz CT molecular complexity index is 481. The number of carbonyl (C=O) groups excluding carboxylic acids is 1. The molecule has 1 aromatic carbocycles. The van der Waals surface area contributed by atoms with Crippen molar-refractivity contribution in [1.29, 1.82) is 0 Å². The Balaban J connectivity index is 3.14. The molecule has 5 nitrogen and oxygen atoms in total. The van der Waals surface area contributed by atoms with Gasteiger partial charge in [0.1, 0.15) is 23.2 Å². The number of esters is 1. The van der Waals surface area contributed by atoms with E-state index < -0.39 is 5.97 Å². The molecule has 0 bridgehead atoms. The van der Waals surface area contributed by atoms with Crippen molar-refractivity contribution in [3.05, 3.63) is 29.8 Å². The summed E-state index contributed by atoms with van der Waals surface area (Å²) in [7, 11) is 3.00. The van der Waals surface area contributed by atoms with Gasteiger partial charge in [0, 0.05) is 19.1 Å². The summed E-state index contributed by atoms with van der Waals surface area (Å²) in [5.74, 6) is 0.414. The molecule has 0 fully saturated rings. The molecule has 0 aliphatic heterocycles. The average molecular weight is 280 g/mol. The number of carbonyl (C=O) groups is 1. The van der Waals surface area contributed by atoms with Gasteiger partial charge in [-0.1, -0.05) is 12.7 Å². The van der Waals surface area contributed by atoms with Crippen molar-refractivity contribution in [3.8, 4) is 11.5 Å². The molecule has 20 heavy (non-hydrogen) atoms. The van der Waals surface area contributed by atoms with Gasteiger partial charge in [0.05, 0.1) is 14.2 Å². The van der Waals surface area contributed by atoms with Crippen molar-refractivity contribution in [2.75, 3.05) is 20.8 Å². The van der Waals surface area contributed by atoms with Crippen LogP contribution >= 0.6 is 0 Å². The predicted octanol–water partition coefficient (Wildman–Crippen LogP) is 2.27. The van der Waals surface area contributed by atoms with Crippen LogP contribution in [0, 0.1) is 0 Å². The van der Waals surface area contributed by atoms with E-state index in [0.29, 0.717) is 29.0 Å². The Labute approximate surface area is 118 Å². The smallest absolute Gasteiger partial charge is 0.342 e. The van der Waals surface area contributed by atoms with Crippen LogP contribution in [0.1, 0.15) is 29.3 Å². The summed E-state index contributed by atoms with van der Waals surface area (Å²) in [6, 6.07) is 3.29. The molecule has 110 valence electrons. The maximum absolute atomic E-state index is 12.2. The maximum Gasteiger partial charge on any atom is 0.342 e. The molecule has 1 aromatic rings. The summed E-state index contributed by atoms with van der Waals surface area (Å²) in [4.78, 5) is 12.2. The fourth-order valence-electron chi connectivity index (χ4n) is 1.75. The van der Waals surface area contributed by atoms with Gasteiger partial charge >= 0.3 is 5.97 Å². The number of hydrogen-bond donors (Lipinski definition) is 1. The molecule has 0 saturated heterocycles.